The molecule has 0 radical (unpaired) electrons. The van der Waals surface area contributed by atoms with Crippen molar-refractivity contribution >= 4 is 0 Å². The standard InChI is InChI=1S/C10H21NO/c1-7(2)10(8(3)4)9(11)5-6-12-10/h7-9H,5-6,11H2,1-4H3/t9-/m1/s1. The van der Waals surface area contributed by atoms with Gasteiger partial charge in [0.25, 0.3) is 0 Å². The van der Waals surface area contributed by atoms with Gasteiger partial charge in [0, 0.05) is 12.6 Å². The van der Waals surface area contributed by atoms with Gasteiger partial charge in [-0.2, -0.15) is 0 Å². The number of hydrogen-bond donors (Lipinski definition) is 1. The second-order valence-electron chi connectivity index (χ2n) is 4.41. The molecule has 0 spiro atoms. The lowest BCUT2D eigenvalue weighted by molar-refractivity contribution is -0.0764. The van der Waals surface area contributed by atoms with E-state index in [1.807, 2.05) is 0 Å². The van der Waals surface area contributed by atoms with Gasteiger partial charge in [-0.3, -0.25) is 0 Å². The van der Waals surface area contributed by atoms with Gasteiger partial charge in [0.05, 0.1) is 5.60 Å². The summed E-state index contributed by atoms with van der Waals surface area (Å²) < 4.78 is 5.85. The Morgan fingerprint density at radius 1 is 1.25 bits per heavy atom. The number of ether oxygens (including phenoxy) is 1. The first-order valence-corrected chi connectivity index (χ1v) is 4.91. The van der Waals surface area contributed by atoms with Crippen LogP contribution in [-0.2, 0) is 4.74 Å². The van der Waals surface area contributed by atoms with Gasteiger partial charge in [0.15, 0.2) is 0 Å². The van der Waals surface area contributed by atoms with Gasteiger partial charge in [-0.15, -0.1) is 0 Å². The fourth-order valence-corrected chi connectivity index (χ4v) is 2.55. The molecule has 0 aromatic carbocycles. The largest absolute Gasteiger partial charge is 0.373 e. The fourth-order valence-electron chi connectivity index (χ4n) is 2.55. The zero-order chi connectivity index (χ0) is 9.35. The van der Waals surface area contributed by atoms with E-state index < -0.39 is 0 Å². The van der Waals surface area contributed by atoms with Crippen LogP contribution in [0, 0.1) is 11.8 Å². The Bertz CT molecular complexity index is 146. The fraction of sp³-hybridized carbons (Fsp3) is 1.00. The lowest BCUT2D eigenvalue weighted by atomic mass is 9.75. The topological polar surface area (TPSA) is 35.2 Å². The Balaban J connectivity index is 2.85. The highest BCUT2D eigenvalue weighted by molar-refractivity contribution is 4.99. The zero-order valence-electron chi connectivity index (χ0n) is 8.63. The summed E-state index contributed by atoms with van der Waals surface area (Å²) >= 11 is 0. The van der Waals surface area contributed by atoms with Crippen molar-refractivity contribution < 1.29 is 4.74 Å². The summed E-state index contributed by atoms with van der Waals surface area (Å²) in [5.41, 5.74) is 6.02. The number of rotatable bonds is 2. The van der Waals surface area contributed by atoms with E-state index in [4.69, 9.17) is 10.5 Å². The Morgan fingerprint density at radius 2 is 1.75 bits per heavy atom. The van der Waals surface area contributed by atoms with E-state index in [0.29, 0.717) is 11.8 Å². The van der Waals surface area contributed by atoms with Crippen LogP contribution in [0.15, 0.2) is 0 Å². The van der Waals surface area contributed by atoms with Crippen LogP contribution in [0.1, 0.15) is 34.1 Å². The number of hydrogen-bond acceptors (Lipinski definition) is 2. The van der Waals surface area contributed by atoms with Gasteiger partial charge >= 0.3 is 0 Å². The van der Waals surface area contributed by atoms with Gasteiger partial charge in [-0.25, -0.2) is 0 Å². The van der Waals surface area contributed by atoms with Gasteiger partial charge in [-0.1, -0.05) is 27.7 Å². The van der Waals surface area contributed by atoms with Crippen LogP contribution in [0.4, 0.5) is 0 Å². The van der Waals surface area contributed by atoms with Gasteiger partial charge < -0.3 is 10.5 Å². The maximum Gasteiger partial charge on any atom is 0.0878 e. The molecule has 1 saturated heterocycles. The van der Waals surface area contributed by atoms with Crippen molar-refractivity contribution in [2.24, 2.45) is 17.6 Å². The van der Waals surface area contributed by atoms with Crippen LogP contribution < -0.4 is 5.73 Å². The van der Waals surface area contributed by atoms with Crippen molar-refractivity contribution in [3.63, 3.8) is 0 Å². The average molecular weight is 171 g/mol. The van der Waals surface area contributed by atoms with E-state index in [9.17, 15) is 0 Å². The third-order valence-electron chi connectivity index (χ3n) is 3.17. The van der Waals surface area contributed by atoms with Crippen LogP contribution in [0.25, 0.3) is 0 Å². The highest BCUT2D eigenvalue weighted by Crippen LogP contribution is 2.38. The molecule has 1 aliphatic rings. The molecule has 0 saturated carbocycles. The predicted octanol–water partition coefficient (Wildman–Crippen LogP) is 1.78. The molecule has 0 aromatic heterocycles. The molecular formula is C10H21NO. The molecule has 12 heavy (non-hydrogen) atoms. The van der Waals surface area contributed by atoms with Gasteiger partial charge in [-0.05, 0) is 18.3 Å². The summed E-state index contributed by atoms with van der Waals surface area (Å²) in [5.74, 6) is 1.02. The van der Waals surface area contributed by atoms with Gasteiger partial charge in [0.2, 0.25) is 0 Å². The summed E-state index contributed by atoms with van der Waals surface area (Å²) in [7, 11) is 0. The van der Waals surface area contributed by atoms with Crippen molar-refractivity contribution in [1.82, 2.24) is 0 Å². The first kappa shape index (κ1) is 10.0. The molecule has 0 aliphatic carbocycles. The highest BCUT2D eigenvalue weighted by Gasteiger charge is 2.47. The van der Waals surface area contributed by atoms with Crippen molar-refractivity contribution in [3.8, 4) is 0 Å². The molecule has 0 amide bonds. The lowest BCUT2D eigenvalue weighted by Crippen LogP contribution is -2.52. The monoisotopic (exact) mass is 171 g/mol. The second-order valence-corrected chi connectivity index (χ2v) is 4.41. The van der Waals surface area contributed by atoms with E-state index in [0.717, 1.165) is 13.0 Å². The van der Waals surface area contributed by atoms with E-state index in [-0.39, 0.29) is 11.6 Å². The van der Waals surface area contributed by atoms with E-state index in [2.05, 4.69) is 27.7 Å². The first-order valence-electron chi connectivity index (χ1n) is 4.91. The van der Waals surface area contributed by atoms with Crippen LogP contribution >= 0.6 is 0 Å². The maximum atomic E-state index is 6.09. The molecular weight excluding hydrogens is 150 g/mol. The van der Waals surface area contributed by atoms with E-state index in [1.54, 1.807) is 0 Å². The summed E-state index contributed by atoms with van der Waals surface area (Å²) in [6.07, 6.45) is 1.01. The first-order chi connectivity index (χ1) is 5.51. The molecule has 2 N–H and O–H groups in total. The van der Waals surface area contributed by atoms with Crippen molar-refractivity contribution in [2.45, 2.75) is 45.8 Å². The van der Waals surface area contributed by atoms with Gasteiger partial charge in [0.1, 0.15) is 0 Å². The van der Waals surface area contributed by atoms with Crippen LogP contribution in [-0.4, -0.2) is 18.2 Å². The molecule has 1 atom stereocenters. The maximum absolute atomic E-state index is 6.09. The minimum Gasteiger partial charge on any atom is -0.373 e. The molecule has 1 aliphatic heterocycles. The molecule has 0 aromatic rings. The highest BCUT2D eigenvalue weighted by atomic mass is 16.5. The van der Waals surface area contributed by atoms with Crippen molar-refractivity contribution in [1.29, 1.82) is 0 Å². The average Bonchev–Trinajstić information content (AvgIpc) is 2.31. The molecule has 1 heterocycles. The third-order valence-corrected chi connectivity index (χ3v) is 3.17. The molecule has 2 nitrogen and oxygen atoms in total. The molecule has 1 rings (SSSR count). The normalized spacial score (nSPS) is 28.8. The SMILES string of the molecule is CC(C)C1(C(C)C)OCC[C@H]1N. The predicted molar refractivity (Wildman–Crippen MR) is 51.0 cm³/mol. The lowest BCUT2D eigenvalue weighted by Gasteiger charge is -2.40. The van der Waals surface area contributed by atoms with E-state index in [1.165, 1.54) is 0 Å². The second kappa shape index (κ2) is 3.35. The summed E-state index contributed by atoms with van der Waals surface area (Å²) in [5, 5.41) is 0. The Labute approximate surface area is 75.5 Å². The van der Waals surface area contributed by atoms with Crippen LogP contribution in [0.3, 0.4) is 0 Å². The Hall–Kier alpha value is -0.0800. The Morgan fingerprint density at radius 3 is 1.92 bits per heavy atom. The quantitative estimate of drug-likeness (QED) is 0.687. The minimum atomic E-state index is -0.0694. The van der Waals surface area contributed by atoms with Crippen molar-refractivity contribution in [2.75, 3.05) is 6.61 Å². The molecule has 72 valence electrons. The summed E-state index contributed by atoms with van der Waals surface area (Å²) in [6.45, 7) is 9.63. The summed E-state index contributed by atoms with van der Waals surface area (Å²) in [6, 6.07) is 0.220. The number of nitrogens with two attached hydrogens (primary N) is 1. The zero-order valence-corrected chi connectivity index (χ0v) is 8.63. The minimum absolute atomic E-state index is 0.0694. The molecule has 1 fully saturated rings. The third kappa shape index (κ3) is 1.27. The molecule has 0 unspecified atom stereocenters. The summed E-state index contributed by atoms with van der Waals surface area (Å²) in [4.78, 5) is 0. The van der Waals surface area contributed by atoms with E-state index >= 15 is 0 Å². The molecule has 2 heteroatoms. The molecule has 0 bridgehead atoms. The van der Waals surface area contributed by atoms with Crippen LogP contribution in [0.5, 0.6) is 0 Å². The van der Waals surface area contributed by atoms with Crippen LogP contribution in [0.2, 0.25) is 0 Å². The Kier molecular flexibility index (Phi) is 2.79. The smallest absolute Gasteiger partial charge is 0.0878 e. The van der Waals surface area contributed by atoms with Crippen molar-refractivity contribution in [3.05, 3.63) is 0 Å².